The summed E-state index contributed by atoms with van der Waals surface area (Å²) in [5, 5.41) is 0. The summed E-state index contributed by atoms with van der Waals surface area (Å²) in [6, 6.07) is 0. The molecule has 0 saturated carbocycles. The van der Waals surface area contributed by atoms with Gasteiger partial charge in [-0.05, 0) is 31.2 Å². The zero-order valence-corrected chi connectivity index (χ0v) is 12.6. The van der Waals surface area contributed by atoms with Crippen molar-refractivity contribution in [2.75, 3.05) is 19.7 Å². The first kappa shape index (κ1) is 14.0. The van der Waals surface area contributed by atoms with E-state index in [1.807, 2.05) is 6.20 Å². The van der Waals surface area contributed by atoms with Crippen LogP contribution in [0, 0.1) is 0 Å². The van der Waals surface area contributed by atoms with Crippen LogP contribution in [0.4, 0.5) is 0 Å². The molecule has 1 unspecified atom stereocenters. The fourth-order valence-corrected chi connectivity index (χ4v) is 3.05. The summed E-state index contributed by atoms with van der Waals surface area (Å²) in [6.07, 6.45) is 7.28. The molecule has 0 aromatic carbocycles. The Balaban J connectivity index is 1.65. The van der Waals surface area contributed by atoms with E-state index in [0.29, 0.717) is 12.0 Å². The lowest BCUT2D eigenvalue weighted by Gasteiger charge is -2.32. The Hall–Kier alpha value is -1.00. The number of hydrogen-bond donors (Lipinski definition) is 0. The molecule has 1 fully saturated rings. The van der Waals surface area contributed by atoms with Gasteiger partial charge in [0.2, 0.25) is 0 Å². The van der Waals surface area contributed by atoms with Crippen molar-refractivity contribution in [2.45, 2.75) is 58.1 Å². The molecule has 0 amide bonds. The molecule has 3 heterocycles. The van der Waals surface area contributed by atoms with Crippen LogP contribution in [0.15, 0.2) is 6.20 Å². The minimum atomic E-state index is 0.400. The van der Waals surface area contributed by atoms with E-state index in [4.69, 9.17) is 9.72 Å². The minimum absolute atomic E-state index is 0.400. The van der Waals surface area contributed by atoms with Gasteiger partial charge in [0, 0.05) is 38.4 Å². The lowest BCUT2D eigenvalue weighted by Crippen LogP contribution is -2.39. The zero-order chi connectivity index (χ0) is 13.9. The predicted octanol–water partition coefficient (Wildman–Crippen LogP) is 2.53. The molecule has 3 rings (SSSR count). The summed E-state index contributed by atoms with van der Waals surface area (Å²) >= 11 is 0. The first-order chi connectivity index (χ1) is 9.72. The fourth-order valence-electron chi connectivity index (χ4n) is 3.05. The third-order valence-electron chi connectivity index (χ3n) is 4.30. The lowest BCUT2D eigenvalue weighted by molar-refractivity contribution is -0.00829. The normalized spacial score (nSPS) is 23.9. The summed E-state index contributed by atoms with van der Waals surface area (Å²) in [6.45, 7) is 8.36. The van der Waals surface area contributed by atoms with Gasteiger partial charge in [-0.3, -0.25) is 4.90 Å². The van der Waals surface area contributed by atoms with Crippen LogP contribution in [0.1, 0.15) is 56.1 Å². The molecule has 1 atom stereocenters. The maximum Gasteiger partial charge on any atom is 0.131 e. The highest BCUT2D eigenvalue weighted by Crippen LogP contribution is 2.21. The van der Waals surface area contributed by atoms with E-state index >= 15 is 0 Å². The van der Waals surface area contributed by atoms with Crippen LogP contribution in [0.2, 0.25) is 0 Å². The Kier molecular flexibility index (Phi) is 4.32. The highest BCUT2D eigenvalue weighted by molar-refractivity contribution is 5.21. The number of hydrogen-bond acceptors (Lipinski definition) is 4. The van der Waals surface area contributed by atoms with Crippen molar-refractivity contribution in [3.8, 4) is 0 Å². The van der Waals surface area contributed by atoms with Crippen LogP contribution in [0.25, 0.3) is 0 Å². The molecule has 0 spiro atoms. The summed E-state index contributed by atoms with van der Waals surface area (Å²) in [5.41, 5.74) is 2.56. The van der Waals surface area contributed by atoms with Gasteiger partial charge in [0.15, 0.2) is 0 Å². The molecule has 2 aliphatic heterocycles. The van der Waals surface area contributed by atoms with Gasteiger partial charge in [-0.15, -0.1) is 0 Å². The van der Waals surface area contributed by atoms with Gasteiger partial charge < -0.3 is 4.74 Å². The maximum absolute atomic E-state index is 5.86. The van der Waals surface area contributed by atoms with Crippen LogP contribution in [-0.4, -0.2) is 40.7 Å². The molecule has 0 aliphatic carbocycles. The first-order valence-electron chi connectivity index (χ1n) is 7.91. The number of ether oxygens (including phenoxy) is 1. The van der Waals surface area contributed by atoms with E-state index in [0.717, 1.165) is 38.5 Å². The van der Waals surface area contributed by atoms with Crippen molar-refractivity contribution in [3.63, 3.8) is 0 Å². The van der Waals surface area contributed by atoms with Gasteiger partial charge in [-0.2, -0.15) is 0 Å². The molecular weight excluding hydrogens is 250 g/mol. The summed E-state index contributed by atoms with van der Waals surface area (Å²) < 4.78 is 5.86. The lowest BCUT2D eigenvalue weighted by atomic mass is 10.0. The number of fused-ring (bicyclic) bond motifs is 1. The second-order valence-corrected chi connectivity index (χ2v) is 6.33. The van der Waals surface area contributed by atoms with E-state index in [2.05, 4.69) is 23.7 Å². The molecule has 20 heavy (non-hydrogen) atoms. The smallest absolute Gasteiger partial charge is 0.131 e. The van der Waals surface area contributed by atoms with Gasteiger partial charge in [0.05, 0.1) is 11.8 Å². The van der Waals surface area contributed by atoms with E-state index in [1.54, 1.807) is 0 Å². The van der Waals surface area contributed by atoms with Crippen molar-refractivity contribution in [3.05, 3.63) is 23.3 Å². The molecular formula is C16H25N3O. The third kappa shape index (κ3) is 3.18. The van der Waals surface area contributed by atoms with Gasteiger partial charge >= 0.3 is 0 Å². The van der Waals surface area contributed by atoms with E-state index in [1.165, 1.54) is 30.5 Å². The first-order valence-corrected chi connectivity index (χ1v) is 7.91. The number of rotatable bonds is 3. The van der Waals surface area contributed by atoms with Crippen molar-refractivity contribution in [1.29, 1.82) is 0 Å². The molecule has 1 aromatic heterocycles. The maximum atomic E-state index is 5.86. The minimum Gasteiger partial charge on any atom is -0.377 e. The third-order valence-corrected chi connectivity index (χ3v) is 4.30. The zero-order valence-electron chi connectivity index (χ0n) is 12.6. The molecule has 1 aromatic rings. The summed E-state index contributed by atoms with van der Waals surface area (Å²) in [7, 11) is 0. The molecule has 4 heteroatoms. The van der Waals surface area contributed by atoms with Crippen LogP contribution >= 0.6 is 0 Å². The van der Waals surface area contributed by atoms with Crippen LogP contribution in [0.5, 0.6) is 0 Å². The second-order valence-electron chi connectivity index (χ2n) is 6.33. The van der Waals surface area contributed by atoms with Crippen LogP contribution in [0.3, 0.4) is 0 Å². The Bertz CT molecular complexity index is 455. The van der Waals surface area contributed by atoms with E-state index in [-0.39, 0.29) is 0 Å². The van der Waals surface area contributed by atoms with Gasteiger partial charge in [-0.25, -0.2) is 9.97 Å². The highest BCUT2D eigenvalue weighted by atomic mass is 16.5. The van der Waals surface area contributed by atoms with Gasteiger partial charge in [-0.1, -0.05) is 13.8 Å². The predicted molar refractivity (Wildman–Crippen MR) is 78.7 cm³/mol. The van der Waals surface area contributed by atoms with Crippen molar-refractivity contribution >= 4 is 0 Å². The number of aromatic nitrogens is 2. The molecule has 0 N–H and O–H groups in total. The summed E-state index contributed by atoms with van der Waals surface area (Å²) in [4.78, 5) is 11.7. The molecule has 1 saturated heterocycles. The molecule has 0 radical (unpaired) electrons. The van der Waals surface area contributed by atoms with Crippen molar-refractivity contribution in [1.82, 2.24) is 14.9 Å². The van der Waals surface area contributed by atoms with E-state index in [9.17, 15) is 0 Å². The highest BCUT2D eigenvalue weighted by Gasteiger charge is 2.23. The van der Waals surface area contributed by atoms with Gasteiger partial charge in [0.25, 0.3) is 0 Å². The van der Waals surface area contributed by atoms with Crippen LogP contribution in [-0.2, 0) is 17.7 Å². The molecule has 110 valence electrons. The molecule has 4 nitrogen and oxygen atoms in total. The Labute approximate surface area is 121 Å². The largest absolute Gasteiger partial charge is 0.377 e. The van der Waals surface area contributed by atoms with E-state index < -0.39 is 0 Å². The monoisotopic (exact) mass is 275 g/mol. The Morgan fingerprint density at radius 2 is 2.30 bits per heavy atom. The SMILES string of the molecule is CC(C)c1ncc2c(n1)CN(CC1CCCCO1)CC2. The van der Waals surface area contributed by atoms with Crippen molar-refractivity contribution < 1.29 is 4.74 Å². The average Bonchev–Trinajstić information content (AvgIpc) is 2.47. The second kappa shape index (κ2) is 6.19. The van der Waals surface area contributed by atoms with Crippen LogP contribution < -0.4 is 0 Å². The molecule has 0 bridgehead atoms. The molecule has 2 aliphatic rings. The average molecular weight is 275 g/mol. The fraction of sp³-hybridized carbons (Fsp3) is 0.750. The van der Waals surface area contributed by atoms with Crippen molar-refractivity contribution in [2.24, 2.45) is 0 Å². The number of nitrogens with zero attached hydrogens (tertiary/aromatic N) is 3. The quantitative estimate of drug-likeness (QED) is 0.849. The summed E-state index contributed by atoms with van der Waals surface area (Å²) in [5.74, 6) is 1.37. The Morgan fingerprint density at radius 3 is 3.05 bits per heavy atom. The Morgan fingerprint density at radius 1 is 1.40 bits per heavy atom. The topological polar surface area (TPSA) is 38.2 Å². The standard InChI is InChI=1S/C16H25N3O/c1-12(2)16-17-9-13-6-7-19(11-15(13)18-16)10-14-5-3-4-8-20-14/h9,12,14H,3-8,10-11H2,1-2H3. The van der Waals surface area contributed by atoms with Gasteiger partial charge in [0.1, 0.15) is 5.82 Å².